The molecule has 0 aliphatic carbocycles. The zero-order valence-electron chi connectivity index (χ0n) is 11.5. The second kappa shape index (κ2) is 7.50. The fourth-order valence-electron chi connectivity index (χ4n) is 1.77. The highest BCUT2D eigenvalue weighted by Gasteiger charge is 2.20. The van der Waals surface area contributed by atoms with E-state index in [0.29, 0.717) is 19.4 Å². The topological polar surface area (TPSA) is 164 Å². The van der Waals surface area contributed by atoms with Gasteiger partial charge in [-0.3, -0.25) is 14.2 Å². The number of carboxylic acid groups (broad SMARTS) is 1. The molecular formula is C12H20N4O5. The summed E-state index contributed by atoms with van der Waals surface area (Å²) in [5.41, 5.74) is 10.9. The summed E-state index contributed by atoms with van der Waals surface area (Å²) in [6.45, 7) is -0.114. The van der Waals surface area contributed by atoms with Gasteiger partial charge in [-0.2, -0.15) is 0 Å². The Morgan fingerprint density at radius 2 is 2.00 bits per heavy atom. The van der Waals surface area contributed by atoms with Gasteiger partial charge in [0.2, 0.25) is 11.8 Å². The van der Waals surface area contributed by atoms with Crippen LogP contribution in [-0.2, 0) is 16.1 Å². The van der Waals surface area contributed by atoms with Crippen LogP contribution in [0.4, 0.5) is 5.69 Å². The molecule has 9 heteroatoms. The van der Waals surface area contributed by atoms with Gasteiger partial charge in [-0.1, -0.05) is 6.42 Å². The Bertz CT molecular complexity index is 514. The van der Waals surface area contributed by atoms with Gasteiger partial charge in [-0.15, -0.1) is 0 Å². The minimum absolute atomic E-state index is 0.0898. The highest BCUT2D eigenvalue weighted by Crippen LogP contribution is 2.32. The van der Waals surface area contributed by atoms with E-state index in [1.54, 1.807) is 0 Å². The molecule has 1 aromatic heterocycles. The first-order chi connectivity index (χ1) is 9.86. The van der Waals surface area contributed by atoms with Crippen molar-refractivity contribution in [1.82, 2.24) is 4.57 Å². The molecule has 118 valence electrons. The highest BCUT2D eigenvalue weighted by molar-refractivity contribution is 5.96. The molecule has 0 radical (unpaired) electrons. The fourth-order valence-corrected chi connectivity index (χ4v) is 1.77. The molecule has 1 atom stereocenters. The highest BCUT2D eigenvalue weighted by atomic mass is 16.4. The third kappa shape index (κ3) is 4.65. The summed E-state index contributed by atoms with van der Waals surface area (Å²) in [5.74, 6) is -2.79. The third-order valence-electron chi connectivity index (χ3n) is 2.90. The van der Waals surface area contributed by atoms with E-state index in [9.17, 15) is 19.8 Å². The minimum Gasteiger partial charge on any atom is -0.494 e. The number of unbranched alkanes of at least 4 members (excludes halogenated alkanes) is 1. The molecule has 0 aliphatic rings. The fraction of sp³-hybridized carbons (Fsp3) is 0.500. The van der Waals surface area contributed by atoms with Crippen molar-refractivity contribution >= 4 is 17.6 Å². The van der Waals surface area contributed by atoms with E-state index < -0.39 is 36.2 Å². The number of nitrogens with two attached hydrogens (primary N) is 2. The average Bonchev–Trinajstić information content (AvgIpc) is 2.66. The Balaban J connectivity index is 2.70. The predicted molar refractivity (Wildman–Crippen MR) is 74.9 cm³/mol. The molecule has 1 heterocycles. The summed E-state index contributed by atoms with van der Waals surface area (Å²) in [4.78, 5) is 22.4. The SMILES string of the molecule is NCCCC[C@H](N)C(=O)Nc1cc(O)n(CC(=O)O)c1O. The second-order valence-electron chi connectivity index (χ2n) is 4.60. The van der Waals surface area contributed by atoms with Crippen LogP contribution in [0.3, 0.4) is 0 Å². The van der Waals surface area contributed by atoms with E-state index in [0.717, 1.165) is 17.1 Å². The normalized spacial score (nSPS) is 12.1. The number of anilines is 1. The van der Waals surface area contributed by atoms with Crippen LogP contribution in [0, 0.1) is 0 Å². The zero-order valence-corrected chi connectivity index (χ0v) is 11.5. The molecule has 21 heavy (non-hydrogen) atoms. The molecule has 0 saturated carbocycles. The average molecular weight is 300 g/mol. The molecule has 0 fully saturated rings. The number of carbonyl (C=O) groups excluding carboxylic acids is 1. The van der Waals surface area contributed by atoms with Gasteiger partial charge < -0.3 is 32.1 Å². The van der Waals surface area contributed by atoms with E-state index in [4.69, 9.17) is 16.6 Å². The van der Waals surface area contributed by atoms with Gasteiger partial charge >= 0.3 is 5.97 Å². The molecular weight excluding hydrogens is 280 g/mol. The number of nitrogens with zero attached hydrogens (tertiary/aromatic N) is 1. The monoisotopic (exact) mass is 300 g/mol. The number of hydrogen-bond donors (Lipinski definition) is 6. The number of hydrogen-bond acceptors (Lipinski definition) is 6. The van der Waals surface area contributed by atoms with Gasteiger partial charge in [-0.25, -0.2) is 0 Å². The molecule has 1 rings (SSSR count). The van der Waals surface area contributed by atoms with E-state index >= 15 is 0 Å². The minimum atomic E-state index is -1.24. The molecule has 8 N–H and O–H groups in total. The van der Waals surface area contributed by atoms with Crippen LogP contribution >= 0.6 is 0 Å². The maximum atomic E-state index is 11.8. The maximum Gasteiger partial charge on any atom is 0.323 e. The molecule has 0 unspecified atom stereocenters. The smallest absolute Gasteiger partial charge is 0.323 e. The zero-order chi connectivity index (χ0) is 16.0. The molecule has 9 nitrogen and oxygen atoms in total. The van der Waals surface area contributed by atoms with Crippen LogP contribution < -0.4 is 16.8 Å². The van der Waals surface area contributed by atoms with Gasteiger partial charge in [-0.05, 0) is 19.4 Å². The lowest BCUT2D eigenvalue weighted by molar-refractivity contribution is -0.137. The third-order valence-corrected chi connectivity index (χ3v) is 2.90. The van der Waals surface area contributed by atoms with Crippen LogP contribution in [0.25, 0.3) is 0 Å². The van der Waals surface area contributed by atoms with Crippen molar-refractivity contribution in [3.63, 3.8) is 0 Å². The van der Waals surface area contributed by atoms with Crippen LogP contribution in [0.1, 0.15) is 19.3 Å². The van der Waals surface area contributed by atoms with Crippen molar-refractivity contribution in [3.05, 3.63) is 6.07 Å². The number of amides is 1. The van der Waals surface area contributed by atoms with Crippen LogP contribution in [-0.4, -0.2) is 44.3 Å². The molecule has 1 amide bonds. The van der Waals surface area contributed by atoms with Crippen molar-refractivity contribution in [3.8, 4) is 11.8 Å². The first-order valence-electron chi connectivity index (χ1n) is 6.46. The summed E-state index contributed by atoms with van der Waals surface area (Å²) in [6.07, 6.45) is 1.88. The van der Waals surface area contributed by atoms with Crippen molar-refractivity contribution < 1.29 is 24.9 Å². The van der Waals surface area contributed by atoms with Crippen LogP contribution in [0.5, 0.6) is 11.8 Å². The quantitative estimate of drug-likeness (QED) is 0.348. The van der Waals surface area contributed by atoms with Gasteiger partial charge in [0.05, 0.1) is 6.04 Å². The van der Waals surface area contributed by atoms with Crippen molar-refractivity contribution in [2.75, 3.05) is 11.9 Å². The van der Waals surface area contributed by atoms with E-state index in [1.165, 1.54) is 0 Å². The lowest BCUT2D eigenvalue weighted by Crippen LogP contribution is -2.35. The lowest BCUT2D eigenvalue weighted by atomic mass is 10.1. The lowest BCUT2D eigenvalue weighted by Gasteiger charge is -2.11. The van der Waals surface area contributed by atoms with Gasteiger partial charge in [0.25, 0.3) is 0 Å². The molecule has 0 aromatic carbocycles. The first kappa shape index (κ1) is 16.8. The first-order valence-corrected chi connectivity index (χ1v) is 6.46. The Hall–Kier alpha value is -2.26. The van der Waals surface area contributed by atoms with Gasteiger partial charge in [0, 0.05) is 6.07 Å². The largest absolute Gasteiger partial charge is 0.494 e. The number of aromatic nitrogens is 1. The second-order valence-corrected chi connectivity index (χ2v) is 4.60. The van der Waals surface area contributed by atoms with Crippen LogP contribution in [0.15, 0.2) is 6.07 Å². The summed E-state index contributed by atoms with van der Waals surface area (Å²) >= 11 is 0. The number of nitrogens with one attached hydrogen (secondary N) is 1. The number of carboxylic acids is 1. The molecule has 0 aliphatic heterocycles. The predicted octanol–water partition coefficient (Wildman–Crippen LogP) is -0.621. The molecule has 0 bridgehead atoms. The Labute approximate surface area is 121 Å². The van der Waals surface area contributed by atoms with Gasteiger partial charge in [0.15, 0.2) is 5.88 Å². The summed E-state index contributed by atoms with van der Waals surface area (Å²) in [7, 11) is 0. The van der Waals surface area contributed by atoms with Crippen LogP contribution in [0.2, 0.25) is 0 Å². The number of aliphatic carboxylic acids is 1. The Morgan fingerprint density at radius 3 is 2.57 bits per heavy atom. The molecule has 1 aromatic rings. The molecule has 0 spiro atoms. The maximum absolute atomic E-state index is 11.8. The number of aromatic hydroxyl groups is 2. The number of carbonyl (C=O) groups is 2. The summed E-state index contributed by atoms with van der Waals surface area (Å²) in [6, 6.07) is 0.281. The van der Waals surface area contributed by atoms with Crippen molar-refractivity contribution in [2.45, 2.75) is 31.8 Å². The Morgan fingerprint density at radius 1 is 1.33 bits per heavy atom. The van der Waals surface area contributed by atoms with E-state index in [2.05, 4.69) is 5.32 Å². The summed E-state index contributed by atoms with van der Waals surface area (Å²) < 4.78 is 0.748. The Kier molecular flexibility index (Phi) is 6.00. The van der Waals surface area contributed by atoms with Gasteiger partial charge in [0.1, 0.15) is 12.2 Å². The van der Waals surface area contributed by atoms with E-state index in [1.807, 2.05) is 0 Å². The molecule has 0 saturated heterocycles. The van der Waals surface area contributed by atoms with Crippen molar-refractivity contribution in [1.29, 1.82) is 0 Å². The standard InChI is InChI=1S/C12H20N4O5/c13-4-2-1-3-7(14)11(20)15-8-5-9(17)16(12(8)21)6-10(18)19/h5,7,17,21H,1-4,6,13-14H2,(H,15,20)(H,18,19)/t7-/m0/s1. The van der Waals surface area contributed by atoms with E-state index in [-0.39, 0.29) is 5.69 Å². The van der Waals surface area contributed by atoms with Crippen molar-refractivity contribution in [2.24, 2.45) is 11.5 Å². The number of rotatable bonds is 8. The summed E-state index contributed by atoms with van der Waals surface area (Å²) in [5, 5.41) is 30.3.